The van der Waals surface area contributed by atoms with Crippen LogP contribution < -0.4 is 10.1 Å². The number of carbonyl (C=O) groups excluding carboxylic acids is 1. The molecule has 1 heterocycles. The molecule has 0 saturated carbocycles. The van der Waals surface area contributed by atoms with E-state index in [9.17, 15) is 14.9 Å². The number of nitro groups is 1. The van der Waals surface area contributed by atoms with Crippen LogP contribution in [0.2, 0.25) is 5.02 Å². The number of nitrogens with one attached hydrogen (secondary N) is 1. The molecule has 0 aliphatic heterocycles. The number of anilines is 1. The Morgan fingerprint density at radius 3 is 2.72 bits per heavy atom. The summed E-state index contributed by atoms with van der Waals surface area (Å²) in [4.78, 5) is 23.4. The molecule has 0 atom stereocenters. The third kappa shape index (κ3) is 3.29. The topological polar surface area (TPSA) is 81.5 Å². The van der Waals surface area contributed by atoms with Crippen molar-refractivity contribution in [3.05, 3.63) is 62.0 Å². The predicted octanol–water partition coefficient (Wildman–Crippen LogP) is 5.03. The lowest BCUT2D eigenvalue weighted by Gasteiger charge is -2.07. The van der Waals surface area contributed by atoms with Crippen molar-refractivity contribution in [3.63, 3.8) is 0 Å². The first-order valence-electron chi connectivity index (χ1n) is 7.23. The van der Waals surface area contributed by atoms with Crippen molar-refractivity contribution < 1.29 is 14.5 Å². The fraction of sp³-hybridized carbons (Fsp3) is 0.118. The minimum Gasteiger partial charge on any atom is -0.497 e. The number of carbonyl (C=O) groups is 1. The molecule has 25 heavy (non-hydrogen) atoms. The highest BCUT2D eigenvalue weighted by Crippen LogP contribution is 2.38. The molecule has 0 radical (unpaired) electrons. The average molecular weight is 377 g/mol. The van der Waals surface area contributed by atoms with Gasteiger partial charge in [0, 0.05) is 22.2 Å². The van der Waals surface area contributed by atoms with Crippen LogP contribution in [0.25, 0.3) is 10.1 Å². The Bertz CT molecular complexity index is 1000. The number of aryl methyl sites for hydroxylation is 1. The summed E-state index contributed by atoms with van der Waals surface area (Å²) >= 11 is 7.61. The highest BCUT2D eigenvalue weighted by Gasteiger charge is 2.19. The molecule has 1 amide bonds. The van der Waals surface area contributed by atoms with Gasteiger partial charge in [-0.25, -0.2) is 0 Å². The van der Waals surface area contributed by atoms with Crippen LogP contribution in [0.1, 0.15) is 15.2 Å². The van der Waals surface area contributed by atoms with E-state index in [0.29, 0.717) is 21.3 Å². The van der Waals surface area contributed by atoms with Gasteiger partial charge in [-0.3, -0.25) is 14.9 Å². The maximum absolute atomic E-state index is 12.6. The van der Waals surface area contributed by atoms with Gasteiger partial charge < -0.3 is 10.1 Å². The molecule has 0 aliphatic rings. The van der Waals surface area contributed by atoms with E-state index >= 15 is 0 Å². The standard InChI is InChI=1S/C17H13ClN2O4S/c1-9-3-4-10(20(22)23)7-13(9)19-17(21)16-15(18)12-8-11(24-2)5-6-14(12)25-16/h3-8H,1-2H3,(H,19,21). The molecule has 3 rings (SSSR count). The highest BCUT2D eigenvalue weighted by atomic mass is 35.5. The molecule has 1 aromatic heterocycles. The number of non-ortho nitro benzene ring substituents is 1. The number of hydrogen-bond acceptors (Lipinski definition) is 5. The van der Waals surface area contributed by atoms with E-state index in [1.54, 1.807) is 32.2 Å². The van der Waals surface area contributed by atoms with Crippen LogP contribution in [-0.4, -0.2) is 17.9 Å². The smallest absolute Gasteiger partial charge is 0.271 e. The van der Waals surface area contributed by atoms with Gasteiger partial charge in [-0.15, -0.1) is 11.3 Å². The molecule has 2 aromatic carbocycles. The summed E-state index contributed by atoms with van der Waals surface area (Å²) in [7, 11) is 1.56. The van der Waals surface area contributed by atoms with Gasteiger partial charge in [0.2, 0.25) is 0 Å². The summed E-state index contributed by atoms with van der Waals surface area (Å²) in [5, 5.41) is 14.7. The van der Waals surface area contributed by atoms with Crippen LogP contribution in [0, 0.1) is 17.0 Å². The Hall–Kier alpha value is -2.64. The SMILES string of the molecule is COc1ccc2sc(C(=O)Nc3cc([N+](=O)[O-])ccc3C)c(Cl)c2c1. The number of rotatable bonds is 4. The van der Waals surface area contributed by atoms with Crippen LogP contribution in [0.5, 0.6) is 5.75 Å². The zero-order valence-corrected chi connectivity index (χ0v) is 14.9. The largest absolute Gasteiger partial charge is 0.497 e. The van der Waals surface area contributed by atoms with E-state index in [2.05, 4.69) is 5.32 Å². The molecule has 8 heteroatoms. The molecular weight excluding hydrogens is 364 g/mol. The Morgan fingerprint density at radius 1 is 1.28 bits per heavy atom. The van der Waals surface area contributed by atoms with E-state index in [1.165, 1.54) is 23.5 Å². The van der Waals surface area contributed by atoms with E-state index < -0.39 is 10.8 Å². The quantitative estimate of drug-likeness (QED) is 0.511. The second-order valence-corrected chi connectivity index (χ2v) is 6.75. The number of hydrogen-bond donors (Lipinski definition) is 1. The molecule has 3 aromatic rings. The number of methoxy groups -OCH3 is 1. The molecule has 0 unspecified atom stereocenters. The zero-order chi connectivity index (χ0) is 18.1. The van der Waals surface area contributed by atoms with Crippen molar-refractivity contribution in [1.82, 2.24) is 0 Å². The minimum atomic E-state index is -0.506. The molecule has 0 bridgehead atoms. The van der Waals surface area contributed by atoms with Crippen LogP contribution in [-0.2, 0) is 0 Å². The fourth-order valence-corrected chi connectivity index (χ4v) is 3.74. The second kappa shape index (κ2) is 6.70. The van der Waals surface area contributed by atoms with Crippen molar-refractivity contribution in [2.24, 2.45) is 0 Å². The molecule has 128 valence electrons. The molecule has 0 fully saturated rings. The van der Waals surface area contributed by atoms with Gasteiger partial charge in [-0.2, -0.15) is 0 Å². The second-order valence-electron chi connectivity index (χ2n) is 5.32. The van der Waals surface area contributed by atoms with E-state index in [-0.39, 0.29) is 5.69 Å². The summed E-state index contributed by atoms with van der Waals surface area (Å²) in [6.45, 7) is 1.76. The van der Waals surface area contributed by atoms with Crippen LogP contribution in [0.3, 0.4) is 0 Å². The molecule has 6 nitrogen and oxygen atoms in total. The molecule has 0 aliphatic carbocycles. The van der Waals surface area contributed by atoms with Crippen molar-refractivity contribution in [3.8, 4) is 5.75 Å². The number of ether oxygens (including phenoxy) is 1. The number of halogens is 1. The number of thiophene rings is 1. The van der Waals surface area contributed by atoms with E-state index in [4.69, 9.17) is 16.3 Å². The molecule has 0 spiro atoms. The normalized spacial score (nSPS) is 10.7. The summed E-state index contributed by atoms with van der Waals surface area (Å²) in [6, 6.07) is 9.71. The zero-order valence-electron chi connectivity index (χ0n) is 13.3. The van der Waals surface area contributed by atoms with Gasteiger partial charge in [0.25, 0.3) is 11.6 Å². The van der Waals surface area contributed by atoms with Crippen LogP contribution in [0.4, 0.5) is 11.4 Å². The first kappa shape index (κ1) is 17.2. The van der Waals surface area contributed by atoms with Crippen molar-refractivity contribution in [2.45, 2.75) is 6.92 Å². The van der Waals surface area contributed by atoms with Gasteiger partial charge in [-0.1, -0.05) is 17.7 Å². The Morgan fingerprint density at radius 2 is 2.04 bits per heavy atom. The van der Waals surface area contributed by atoms with Crippen LogP contribution >= 0.6 is 22.9 Å². The summed E-state index contributed by atoms with van der Waals surface area (Å²) < 4.78 is 6.03. The molecule has 1 N–H and O–H groups in total. The third-order valence-corrected chi connectivity index (χ3v) is 5.40. The van der Waals surface area contributed by atoms with Crippen molar-refractivity contribution in [1.29, 1.82) is 0 Å². The van der Waals surface area contributed by atoms with Gasteiger partial charge in [0.05, 0.1) is 22.7 Å². The lowest BCUT2D eigenvalue weighted by Crippen LogP contribution is -2.11. The van der Waals surface area contributed by atoms with E-state index in [1.807, 2.05) is 6.07 Å². The Kier molecular flexibility index (Phi) is 4.61. The number of benzene rings is 2. The summed E-state index contributed by atoms with van der Waals surface area (Å²) in [6.07, 6.45) is 0. The summed E-state index contributed by atoms with van der Waals surface area (Å²) in [5.41, 5.74) is 1.01. The van der Waals surface area contributed by atoms with Crippen LogP contribution in [0.15, 0.2) is 36.4 Å². The maximum Gasteiger partial charge on any atom is 0.271 e. The number of nitrogens with zero attached hydrogens (tertiary/aromatic N) is 1. The molecule has 0 saturated heterocycles. The third-order valence-electron chi connectivity index (χ3n) is 3.72. The highest BCUT2D eigenvalue weighted by molar-refractivity contribution is 7.21. The fourth-order valence-electron chi connectivity index (χ4n) is 2.36. The van der Waals surface area contributed by atoms with E-state index in [0.717, 1.165) is 15.6 Å². The minimum absolute atomic E-state index is 0.0897. The first-order valence-corrected chi connectivity index (χ1v) is 8.42. The lowest BCUT2D eigenvalue weighted by molar-refractivity contribution is -0.384. The Balaban J connectivity index is 1.96. The predicted molar refractivity (Wildman–Crippen MR) is 99.2 cm³/mol. The van der Waals surface area contributed by atoms with Crippen molar-refractivity contribution in [2.75, 3.05) is 12.4 Å². The Labute approximate surface area is 152 Å². The van der Waals surface area contributed by atoms with Gasteiger partial charge in [0.1, 0.15) is 10.6 Å². The van der Waals surface area contributed by atoms with Crippen molar-refractivity contribution >= 4 is 50.3 Å². The monoisotopic (exact) mass is 376 g/mol. The van der Waals surface area contributed by atoms with Gasteiger partial charge in [0.15, 0.2) is 0 Å². The lowest BCUT2D eigenvalue weighted by atomic mass is 10.1. The first-order chi connectivity index (χ1) is 11.9. The average Bonchev–Trinajstić information content (AvgIpc) is 2.93. The number of amides is 1. The maximum atomic E-state index is 12.6. The number of nitro benzene ring substituents is 1. The number of fused-ring (bicyclic) bond motifs is 1. The van der Waals surface area contributed by atoms with Gasteiger partial charge in [-0.05, 0) is 30.7 Å². The molecular formula is C17H13ClN2O4S. The summed E-state index contributed by atoms with van der Waals surface area (Å²) in [5.74, 6) is 0.238. The van der Waals surface area contributed by atoms with Gasteiger partial charge >= 0.3 is 0 Å².